The van der Waals surface area contributed by atoms with Gasteiger partial charge in [0.15, 0.2) is 5.69 Å². The zero-order valence-corrected chi connectivity index (χ0v) is 13.6. The molecule has 0 spiro atoms. The maximum atomic E-state index is 12.0. The van der Waals surface area contributed by atoms with Crippen LogP contribution in [0.4, 0.5) is 0 Å². The Hall–Kier alpha value is -3.41. The molecule has 2 aromatic carbocycles. The van der Waals surface area contributed by atoms with Crippen LogP contribution in [0.1, 0.15) is 32.1 Å². The van der Waals surface area contributed by atoms with Crippen LogP contribution < -0.4 is 5.32 Å². The van der Waals surface area contributed by atoms with Gasteiger partial charge in [-0.2, -0.15) is 5.10 Å². The number of amides is 1. The third-order valence-electron chi connectivity index (χ3n) is 3.72. The summed E-state index contributed by atoms with van der Waals surface area (Å²) in [5, 5.41) is 16.3. The van der Waals surface area contributed by atoms with Gasteiger partial charge in [0.1, 0.15) is 0 Å². The molecule has 126 valence electrons. The third kappa shape index (κ3) is 3.74. The molecule has 0 aliphatic rings. The van der Waals surface area contributed by atoms with Crippen molar-refractivity contribution >= 4 is 11.9 Å². The van der Waals surface area contributed by atoms with E-state index in [-0.39, 0.29) is 11.6 Å². The first-order chi connectivity index (χ1) is 12.0. The smallest absolute Gasteiger partial charge is 0.354 e. The lowest BCUT2D eigenvalue weighted by Gasteiger charge is -2.08. The SMILES string of the molecule is Cc1cc(C(=O)O)n(-c2ccc(CNC(=O)c3ccccc3)cc2)n1. The Morgan fingerprint density at radius 1 is 1.08 bits per heavy atom. The van der Waals surface area contributed by atoms with Gasteiger partial charge in [0.05, 0.1) is 11.4 Å². The molecule has 0 radical (unpaired) electrons. The second kappa shape index (κ2) is 7.00. The Labute approximate surface area is 144 Å². The minimum Gasteiger partial charge on any atom is -0.477 e. The second-order valence-corrected chi connectivity index (χ2v) is 5.60. The first-order valence-corrected chi connectivity index (χ1v) is 7.77. The molecule has 0 saturated heterocycles. The van der Waals surface area contributed by atoms with E-state index < -0.39 is 5.97 Å². The zero-order valence-electron chi connectivity index (χ0n) is 13.6. The van der Waals surface area contributed by atoms with Crippen LogP contribution in [0.2, 0.25) is 0 Å². The molecule has 0 atom stereocenters. The molecule has 6 nitrogen and oxygen atoms in total. The fourth-order valence-corrected chi connectivity index (χ4v) is 2.48. The molecule has 0 saturated carbocycles. The zero-order chi connectivity index (χ0) is 17.8. The summed E-state index contributed by atoms with van der Waals surface area (Å²) < 4.78 is 1.39. The molecule has 1 aromatic heterocycles. The van der Waals surface area contributed by atoms with Gasteiger partial charge in [0.2, 0.25) is 0 Å². The summed E-state index contributed by atoms with van der Waals surface area (Å²) in [5.74, 6) is -1.17. The van der Waals surface area contributed by atoms with Crippen molar-refractivity contribution in [1.29, 1.82) is 0 Å². The molecule has 0 aliphatic heterocycles. The van der Waals surface area contributed by atoms with Crippen molar-refractivity contribution in [2.75, 3.05) is 0 Å². The minimum absolute atomic E-state index is 0.114. The number of carbonyl (C=O) groups is 2. The molecule has 0 aliphatic carbocycles. The molecule has 6 heteroatoms. The Morgan fingerprint density at radius 2 is 1.76 bits per heavy atom. The number of hydrogen-bond donors (Lipinski definition) is 2. The van der Waals surface area contributed by atoms with E-state index in [2.05, 4.69) is 10.4 Å². The van der Waals surface area contributed by atoms with Crippen LogP contribution in [0.15, 0.2) is 60.7 Å². The van der Waals surface area contributed by atoms with Gasteiger partial charge in [-0.25, -0.2) is 9.48 Å². The topological polar surface area (TPSA) is 84.2 Å². The fraction of sp³-hybridized carbons (Fsp3) is 0.105. The van der Waals surface area contributed by atoms with Gasteiger partial charge in [0.25, 0.3) is 5.91 Å². The number of carboxylic acid groups (broad SMARTS) is 1. The van der Waals surface area contributed by atoms with Crippen molar-refractivity contribution in [3.8, 4) is 5.69 Å². The molecular weight excluding hydrogens is 318 g/mol. The van der Waals surface area contributed by atoms with Crippen molar-refractivity contribution in [3.05, 3.63) is 83.2 Å². The lowest BCUT2D eigenvalue weighted by molar-refractivity contribution is 0.0686. The second-order valence-electron chi connectivity index (χ2n) is 5.60. The first-order valence-electron chi connectivity index (χ1n) is 7.77. The number of benzene rings is 2. The number of carboxylic acids is 1. The monoisotopic (exact) mass is 335 g/mol. The van der Waals surface area contributed by atoms with Crippen molar-refractivity contribution < 1.29 is 14.7 Å². The van der Waals surface area contributed by atoms with Crippen molar-refractivity contribution in [2.45, 2.75) is 13.5 Å². The summed E-state index contributed by atoms with van der Waals surface area (Å²) >= 11 is 0. The van der Waals surface area contributed by atoms with E-state index in [1.165, 1.54) is 10.7 Å². The highest BCUT2D eigenvalue weighted by Crippen LogP contribution is 2.14. The van der Waals surface area contributed by atoms with Crippen LogP contribution in [-0.4, -0.2) is 26.8 Å². The van der Waals surface area contributed by atoms with Gasteiger partial charge >= 0.3 is 5.97 Å². The number of aryl methyl sites for hydroxylation is 1. The Bertz CT molecular complexity index is 899. The highest BCUT2D eigenvalue weighted by Gasteiger charge is 2.14. The Kier molecular flexibility index (Phi) is 4.61. The molecule has 1 heterocycles. The molecule has 1 amide bonds. The van der Waals surface area contributed by atoms with Crippen LogP contribution >= 0.6 is 0 Å². The van der Waals surface area contributed by atoms with Crippen molar-refractivity contribution in [2.24, 2.45) is 0 Å². The van der Waals surface area contributed by atoms with Crippen LogP contribution in [-0.2, 0) is 6.54 Å². The molecular formula is C19H17N3O3. The fourth-order valence-electron chi connectivity index (χ4n) is 2.48. The molecule has 0 fully saturated rings. The van der Waals surface area contributed by atoms with E-state index in [4.69, 9.17) is 0 Å². The number of rotatable bonds is 5. The Balaban J connectivity index is 1.71. The number of aromatic nitrogens is 2. The molecule has 0 unspecified atom stereocenters. The highest BCUT2D eigenvalue weighted by molar-refractivity contribution is 5.94. The van der Waals surface area contributed by atoms with Gasteiger partial charge in [-0.1, -0.05) is 30.3 Å². The summed E-state index contributed by atoms with van der Waals surface area (Å²) in [5.41, 5.74) is 2.92. The molecule has 3 aromatic rings. The summed E-state index contributed by atoms with van der Waals surface area (Å²) in [6.45, 7) is 2.13. The van der Waals surface area contributed by atoms with Crippen LogP contribution in [0, 0.1) is 6.92 Å². The van der Waals surface area contributed by atoms with Gasteiger partial charge in [-0.3, -0.25) is 4.79 Å². The third-order valence-corrected chi connectivity index (χ3v) is 3.72. The minimum atomic E-state index is -1.03. The van der Waals surface area contributed by atoms with Gasteiger partial charge in [0, 0.05) is 12.1 Å². The maximum Gasteiger partial charge on any atom is 0.354 e. The lowest BCUT2D eigenvalue weighted by atomic mass is 10.2. The first kappa shape index (κ1) is 16.4. The van der Waals surface area contributed by atoms with Crippen LogP contribution in [0.25, 0.3) is 5.69 Å². The van der Waals surface area contributed by atoms with Gasteiger partial charge < -0.3 is 10.4 Å². The molecule has 3 rings (SSSR count). The number of nitrogens with zero attached hydrogens (tertiary/aromatic N) is 2. The quantitative estimate of drug-likeness (QED) is 0.751. The summed E-state index contributed by atoms with van der Waals surface area (Å²) in [4.78, 5) is 23.3. The normalized spacial score (nSPS) is 10.4. The number of aromatic carboxylic acids is 1. The predicted molar refractivity (Wildman–Crippen MR) is 92.9 cm³/mol. The highest BCUT2D eigenvalue weighted by atomic mass is 16.4. The lowest BCUT2D eigenvalue weighted by Crippen LogP contribution is -2.22. The number of hydrogen-bond acceptors (Lipinski definition) is 3. The average molecular weight is 335 g/mol. The van der Waals surface area contributed by atoms with E-state index in [1.54, 1.807) is 31.2 Å². The van der Waals surface area contributed by atoms with Gasteiger partial charge in [-0.15, -0.1) is 0 Å². The van der Waals surface area contributed by atoms with E-state index in [9.17, 15) is 14.7 Å². The summed E-state index contributed by atoms with van der Waals surface area (Å²) in [6, 6.07) is 17.8. The largest absolute Gasteiger partial charge is 0.477 e. The van der Waals surface area contributed by atoms with E-state index in [1.807, 2.05) is 30.3 Å². The molecule has 2 N–H and O–H groups in total. The summed E-state index contributed by atoms with van der Waals surface area (Å²) in [7, 11) is 0. The maximum absolute atomic E-state index is 12.0. The van der Waals surface area contributed by atoms with Crippen LogP contribution in [0.5, 0.6) is 0 Å². The Morgan fingerprint density at radius 3 is 2.40 bits per heavy atom. The number of nitrogens with one attached hydrogen (secondary N) is 1. The van der Waals surface area contributed by atoms with E-state index in [0.717, 1.165) is 5.56 Å². The van der Waals surface area contributed by atoms with E-state index in [0.29, 0.717) is 23.5 Å². The standard InChI is InChI=1S/C19H17N3O3/c1-13-11-17(19(24)25)22(21-13)16-9-7-14(8-10-16)12-20-18(23)15-5-3-2-4-6-15/h2-11H,12H2,1H3,(H,20,23)(H,24,25). The van der Waals surface area contributed by atoms with Gasteiger partial charge in [-0.05, 0) is 42.8 Å². The van der Waals surface area contributed by atoms with Crippen LogP contribution in [0.3, 0.4) is 0 Å². The number of carbonyl (C=O) groups excluding carboxylic acids is 1. The van der Waals surface area contributed by atoms with E-state index >= 15 is 0 Å². The predicted octanol–water partition coefficient (Wildman–Crippen LogP) is 2.81. The summed E-state index contributed by atoms with van der Waals surface area (Å²) in [6.07, 6.45) is 0. The molecule has 25 heavy (non-hydrogen) atoms. The average Bonchev–Trinajstić information content (AvgIpc) is 3.03. The molecule has 0 bridgehead atoms. The van der Waals surface area contributed by atoms with Crippen molar-refractivity contribution in [3.63, 3.8) is 0 Å². The van der Waals surface area contributed by atoms with Crippen molar-refractivity contribution in [1.82, 2.24) is 15.1 Å².